The lowest BCUT2D eigenvalue weighted by Gasteiger charge is -2.30. The number of likely N-dealkylation sites (tertiary alicyclic amines) is 1. The Morgan fingerprint density at radius 1 is 1.44 bits per heavy atom. The van der Waals surface area contributed by atoms with Gasteiger partial charge in [0.2, 0.25) is 0 Å². The van der Waals surface area contributed by atoms with E-state index in [1.165, 1.54) is 9.80 Å². The number of carboxylic acids is 1. The molecule has 2 heterocycles. The number of nitrogens with zero attached hydrogens (tertiary/aromatic N) is 2. The number of aliphatic carboxylic acids is 1. The normalized spacial score (nSPS) is 31.7. The number of hydrogen-bond acceptors (Lipinski definition) is 4. The van der Waals surface area contributed by atoms with Crippen molar-refractivity contribution in [2.45, 2.75) is 31.0 Å². The van der Waals surface area contributed by atoms with Crippen LogP contribution in [0.15, 0.2) is 0 Å². The zero-order chi connectivity index (χ0) is 13.3. The van der Waals surface area contributed by atoms with Gasteiger partial charge in [0, 0.05) is 26.6 Å². The SMILES string of the molecule is CN(C(=O)N1CC(O)CC1C(=O)O)C1CCOC1. The van der Waals surface area contributed by atoms with E-state index in [-0.39, 0.29) is 25.0 Å². The van der Waals surface area contributed by atoms with Crippen LogP contribution < -0.4 is 0 Å². The number of carboxylic acid groups (broad SMARTS) is 1. The molecule has 0 radical (unpaired) electrons. The summed E-state index contributed by atoms with van der Waals surface area (Å²) >= 11 is 0. The van der Waals surface area contributed by atoms with Crippen molar-refractivity contribution >= 4 is 12.0 Å². The van der Waals surface area contributed by atoms with Crippen molar-refractivity contribution in [2.75, 3.05) is 26.8 Å². The van der Waals surface area contributed by atoms with E-state index < -0.39 is 18.1 Å². The minimum Gasteiger partial charge on any atom is -0.480 e. The van der Waals surface area contributed by atoms with E-state index >= 15 is 0 Å². The lowest BCUT2D eigenvalue weighted by molar-refractivity contribution is -0.141. The van der Waals surface area contributed by atoms with Crippen LogP contribution in [0.2, 0.25) is 0 Å². The maximum Gasteiger partial charge on any atom is 0.326 e. The fraction of sp³-hybridized carbons (Fsp3) is 0.818. The van der Waals surface area contributed by atoms with Gasteiger partial charge < -0.3 is 24.7 Å². The number of aliphatic hydroxyl groups excluding tert-OH is 1. The molecular formula is C11H18N2O5. The van der Waals surface area contributed by atoms with Gasteiger partial charge in [-0.2, -0.15) is 0 Å². The number of β-amino-alcohol motifs (C(OH)–C–C–N with tert-alkyl or cyclic N) is 1. The van der Waals surface area contributed by atoms with Gasteiger partial charge in [0.15, 0.2) is 0 Å². The van der Waals surface area contributed by atoms with Gasteiger partial charge in [0.05, 0.1) is 18.8 Å². The number of likely N-dealkylation sites (N-methyl/N-ethyl adjacent to an activating group) is 1. The van der Waals surface area contributed by atoms with E-state index in [1.54, 1.807) is 7.05 Å². The average Bonchev–Trinajstić information content (AvgIpc) is 2.95. The summed E-state index contributed by atoms with van der Waals surface area (Å²) in [6.45, 7) is 1.18. The molecule has 0 spiro atoms. The molecule has 7 heteroatoms. The summed E-state index contributed by atoms with van der Waals surface area (Å²) in [6, 6.07) is -1.29. The Morgan fingerprint density at radius 2 is 2.17 bits per heavy atom. The molecule has 0 bridgehead atoms. The number of carbonyl (C=O) groups excluding carboxylic acids is 1. The van der Waals surface area contributed by atoms with Gasteiger partial charge in [-0.3, -0.25) is 0 Å². The van der Waals surface area contributed by atoms with Gasteiger partial charge in [-0.1, -0.05) is 0 Å². The van der Waals surface area contributed by atoms with Crippen molar-refractivity contribution in [3.63, 3.8) is 0 Å². The first-order chi connectivity index (χ1) is 8.50. The standard InChI is InChI=1S/C11H18N2O5/c1-12(7-2-3-18-6-7)11(17)13-5-8(14)4-9(13)10(15)16/h7-9,14H,2-6H2,1H3,(H,15,16). The fourth-order valence-electron chi connectivity index (χ4n) is 2.45. The third-order valence-electron chi connectivity index (χ3n) is 3.56. The summed E-state index contributed by atoms with van der Waals surface area (Å²) in [5, 5.41) is 18.6. The molecule has 2 saturated heterocycles. The van der Waals surface area contributed by atoms with Crippen LogP contribution in [-0.2, 0) is 9.53 Å². The minimum absolute atomic E-state index is 0.00955. The number of ether oxygens (including phenoxy) is 1. The third kappa shape index (κ3) is 2.41. The average molecular weight is 258 g/mol. The molecule has 2 amide bonds. The number of urea groups is 1. The molecule has 0 aliphatic carbocycles. The number of hydrogen-bond donors (Lipinski definition) is 2. The molecule has 2 aliphatic heterocycles. The van der Waals surface area contributed by atoms with E-state index in [0.29, 0.717) is 13.2 Å². The number of aliphatic hydroxyl groups is 1. The van der Waals surface area contributed by atoms with Crippen molar-refractivity contribution in [3.05, 3.63) is 0 Å². The Morgan fingerprint density at radius 3 is 2.72 bits per heavy atom. The molecule has 0 saturated carbocycles. The maximum absolute atomic E-state index is 12.2. The molecule has 2 rings (SSSR count). The van der Waals surface area contributed by atoms with Crippen molar-refractivity contribution in [2.24, 2.45) is 0 Å². The monoisotopic (exact) mass is 258 g/mol. The molecule has 3 unspecified atom stereocenters. The third-order valence-corrected chi connectivity index (χ3v) is 3.56. The molecule has 18 heavy (non-hydrogen) atoms. The smallest absolute Gasteiger partial charge is 0.326 e. The summed E-state index contributed by atoms with van der Waals surface area (Å²) in [7, 11) is 1.64. The van der Waals surface area contributed by atoms with Crippen LogP contribution >= 0.6 is 0 Å². The second kappa shape index (κ2) is 5.11. The first kappa shape index (κ1) is 13.1. The second-order valence-electron chi connectivity index (χ2n) is 4.81. The van der Waals surface area contributed by atoms with Crippen LogP contribution in [-0.4, -0.2) is 77.0 Å². The van der Waals surface area contributed by atoms with Gasteiger partial charge in [0.1, 0.15) is 6.04 Å². The summed E-state index contributed by atoms with van der Waals surface area (Å²) < 4.78 is 5.21. The topological polar surface area (TPSA) is 90.3 Å². The fourth-order valence-corrected chi connectivity index (χ4v) is 2.45. The first-order valence-corrected chi connectivity index (χ1v) is 6.02. The minimum atomic E-state index is -1.07. The van der Waals surface area contributed by atoms with Crippen LogP contribution in [0.4, 0.5) is 4.79 Å². The Kier molecular flexibility index (Phi) is 3.72. The number of carbonyl (C=O) groups is 2. The first-order valence-electron chi connectivity index (χ1n) is 6.02. The highest BCUT2D eigenvalue weighted by molar-refractivity contribution is 5.83. The molecule has 0 aromatic carbocycles. The van der Waals surface area contributed by atoms with E-state index in [2.05, 4.69) is 0 Å². The largest absolute Gasteiger partial charge is 0.480 e. The second-order valence-corrected chi connectivity index (χ2v) is 4.81. The highest BCUT2D eigenvalue weighted by Gasteiger charge is 2.41. The highest BCUT2D eigenvalue weighted by atomic mass is 16.5. The van der Waals surface area contributed by atoms with Gasteiger partial charge in [-0.15, -0.1) is 0 Å². The summed E-state index contributed by atoms with van der Waals surface area (Å²) in [4.78, 5) is 26.0. The number of amides is 2. The summed E-state index contributed by atoms with van der Waals surface area (Å²) in [5.74, 6) is -1.07. The van der Waals surface area contributed by atoms with E-state index in [9.17, 15) is 14.7 Å². The van der Waals surface area contributed by atoms with Crippen molar-refractivity contribution in [1.29, 1.82) is 0 Å². The molecule has 0 aromatic heterocycles. The predicted octanol–water partition coefficient (Wildman–Crippen LogP) is -0.653. The zero-order valence-electron chi connectivity index (χ0n) is 10.3. The molecule has 2 fully saturated rings. The van der Waals surface area contributed by atoms with Crippen LogP contribution in [0.25, 0.3) is 0 Å². The van der Waals surface area contributed by atoms with Gasteiger partial charge in [-0.05, 0) is 6.42 Å². The molecule has 0 aromatic rings. The van der Waals surface area contributed by atoms with Crippen LogP contribution in [0.5, 0.6) is 0 Å². The van der Waals surface area contributed by atoms with Crippen molar-refractivity contribution in [3.8, 4) is 0 Å². The predicted molar refractivity (Wildman–Crippen MR) is 61.1 cm³/mol. The van der Waals surface area contributed by atoms with E-state index in [1.807, 2.05) is 0 Å². The van der Waals surface area contributed by atoms with Crippen molar-refractivity contribution < 1.29 is 24.5 Å². The van der Waals surface area contributed by atoms with E-state index in [0.717, 1.165) is 6.42 Å². The van der Waals surface area contributed by atoms with Crippen molar-refractivity contribution in [1.82, 2.24) is 9.80 Å². The molecule has 2 aliphatic rings. The molecule has 7 nitrogen and oxygen atoms in total. The lowest BCUT2D eigenvalue weighted by atomic mass is 10.2. The molecule has 102 valence electrons. The lowest BCUT2D eigenvalue weighted by Crippen LogP contribution is -2.50. The quantitative estimate of drug-likeness (QED) is 0.686. The molecule has 2 N–H and O–H groups in total. The van der Waals surface area contributed by atoms with E-state index in [4.69, 9.17) is 9.84 Å². The van der Waals surface area contributed by atoms with Crippen LogP contribution in [0.1, 0.15) is 12.8 Å². The summed E-state index contributed by atoms with van der Waals surface area (Å²) in [6.07, 6.45) is 0.0928. The summed E-state index contributed by atoms with van der Waals surface area (Å²) in [5.41, 5.74) is 0. The van der Waals surface area contributed by atoms with Gasteiger partial charge >= 0.3 is 12.0 Å². The Balaban J connectivity index is 2.04. The van der Waals surface area contributed by atoms with Crippen LogP contribution in [0.3, 0.4) is 0 Å². The van der Waals surface area contributed by atoms with Crippen LogP contribution in [0, 0.1) is 0 Å². The number of rotatable bonds is 2. The van der Waals surface area contributed by atoms with Gasteiger partial charge in [0.25, 0.3) is 0 Å². The zero-order valence-corrected chi connectivity index (χ0v) is 10.3. The Labute approximate surface area is 105 Å². The molecule has 3 atom stereocenters. The Hall–Kier alpha value is -1.34. The molecular weight excluding hydrogens is 240 g/mol. The maximum atomic E-state index is 12.2. The Bertz CT molecular complexity index is 342. The van der Waals surface area contributed by atoms with Gasteiger partial charge in [-0.25, -0.2) is 9.59 Å². The highest BCUT2D eigenvalue weighted by Crippen LogP contribution is 2.21.